The number of hydrogen-bond donors (Lipinski definition) is 2. The third kappa shape index (κ3) is 3.82. The zero-order chi connectivity index (χ0) is 16.3. The SMILES string of the molecule is CN(C)CC(=O)Nc1ccc(N2CC(C(=O)O)CC2=O)cc1. The van der Waals surface area contributed by atoms with Gasteiger partial charge in [-0.25, -0.2) is 0 Å². The Morgan fingerprint density at radius 3 is 2.45 bits per heavy atom. The number of carbonyl (C=O) groups is 3. The lowest BCUT2D eigenvalue weighted by Crippen LogP contribution is -2.27. The van der Waals surface area contributed by atoms with Gasteiger partial charge in [-0.15, -0.1) is 0 Å². The minimum atomic E-state index is -0.955. The number of benzene rings is 1. The molecule has 1 aromatic rings. The smallest absolute Gasteiger partial charge is 0.308 e. The van der Waals surface area contributed by atoms with Crippen molar-refractivity contribution in [2.45, 2.75) is 6.42 Å². The summed E-state index contributed by atoms with van der Waals surface area (Å²) in [6.07, 6.45) is 0.0245. The van der Waals surface area contributed by atoms with E-state index in [-0.39, 0.29) is 31.3 Å². The summed E-state index contributed by atoms with van der Waals surface area (Å²) in [6.45, 7) is 0.465. The molecule has 0 aliphatic carbocycles. The maximum Gasteiger partial charge on any atom is 0.308 e. The molecule has 1 atom stereocenters. The molecule has 2 N–H and O–H groups in total. The first-order valence-corrected chi connectivity index (χ1v) is 6.94. The first kappa shape index (κ1) is 16.0. The van der Waals surface area contributed by atoms with E-state index in [0.29, 0.717) is 11.4 Å². The molecule has 7 heteroatoms. The Bertz CT molecular complexity index is 583. The highest BCUT2D eigenvalue weighted by molar-refractivity contribution is 5.99. The quantitative estimate of drug-likeness (QED) is 0.832. The van der Waals surface area contributed by atoms with Crippen molar-refractivity contribution >= 4 is 29.2 Å². The number of carbonyl (C=O) groups excluding carboxylic acids is 2. The summed E-state index contributed by atoms with van der Waals surface area (Å²) in [6, 6.07) is 6.80. The maximum atomic E-state index is 11.9. The molecule has 0 aromatic heterocycles. The molecule has 1 unspecified atom stereocenters. The fraction of sp³-hybridized carbons (Fsp3) is 0.400. The van der Waals surface area contributed by atoms with E-state index in [1.807, 2.05) is 0 Å². The molecule has 1 aliphatic heterocycles. The lowest BCUT2D eigenvalue weighted by Gasteiger charge is -2.17. The second kappa shape index (κ2) is 6.57. The summed E-state index contributed by atoms with van der Waals surface area (Å²) in [5.41, 5.74) is 1.27. The highest BCUT2D eigenvalue weighted by atomic mass is 16.4. The number of amides is 2. The van der Waals surface area contributed by atoms with E-state index in [1.165, 1.54) is 4.90 Å². The van der Waals surface area contributed by atoms with Crippen LogP contribution in [0.3, 0.4) is 0 Å². The van der Waals surface area contributed by atoms with E-state index in [1.54, 1.807) is 43.3 Å². The highest BCUT2D eigenvalue weighted by Crippen LogP contribution is 2.26. The predicted molar refractivity (Wildman–Crippen MR) is 81.7 cm³/mol. The minimum Gasteiger partial charge on any atom is -0.481 e. The van der Waals surface area contributed by atoms with E-state index in [9.17, 15) is 14.4 Å². The summed E-state index contributed by atoms with van der Waals surface area (Å²) in [5, 5.41) is 11.7. The Morgan fingerprint density at radius 1 is 1.32 bits per heavy atom. The van der Waals surface area contributed by atoms with Gasteiger partial charge in [0.15, 0.2) is 0 Å². The Morgan fingerprint density at radius 2 is 1.95 bits per heavy atom. The number of carboxylic acid groups (broad SMARTS) is 1. The third-order valence-electron chi connectivity index (χ3n) is 3.40. The van der Waals surface area contributed by atoms with Gasteiger partial charge in [-0.1, -0.05) is 0 Å². The third-order valence-corrected chi connectivity index (χ3v) is 3.40. The predicted octanol–water partition coefficient (Wildman–Crippen LogP) is 0.624. The van der Waals surface area contributed by atoms with Crippen LogP contribution in [0.4, 0.5) is 11.4 Å². The van der Waals surface area contributed by atoms with Crippen molar-refractivity contribution in [1.29, 1.82) is 0 Å². The molecule has 0 radical (unpaired) electrons. The molecule has 0 spiro atoms. The van der Waals surface area contributed by atoms with Crippen molar-refractivity contribution in [2.75, 3.05) is 37.4 Å². The molecule has 7 nitrogen and oxygen atoms in total. The highest BCUT2D eigenvalue weighted by Gasteiger charge is 2.34. The van der Waals surface area contributed by atoms with Gasteiger partial charge in [0.2, 0.25) is 11.8 Å². The van der Waals surface area contributed by atoms with Crippen LogP contribution in [-0.2, 0) is 14.4 Å². The van der Waals surface area contributed by atoms with Gasteiger partial charge in [0.05, 0.1) is 12.5 Å². The lowest BCUT2D eigenvalue weighted by molar-refractivity contribution is -0.141. The van der Waals surface area contributed by atoms with Crippen molar-refractivity contribution in [3.05, 3.63) is 24.3 Å². The average Bonchev–Trinajstić information content (AvgIpc) is 2.81. The largest absolute Gasteiger partial charge is 0.481 e. The van der Waals surface area contributed by atoms with Crippen LogP contribution in [0, 0.1) is 5.92 Å². The molecule has 1 saturated heterocycles. The van der Waals surface area contributed by atoms with Gasteiger partial charge in [0, 0.05) is 24.3 Å². The van der Waals surface area contributed by atoms with E-state index in [0.717, 1.165) is 0 Å². The summed E-state index contributed by atoms with van der Waals surface area (Å²) in [7, 11) is 3.61. The number of nitrogens with one attached hydrogen (secondary N) is 1. The van der Waals surface area contributed by atoms with E-state index in [2.05, 4.69) is 5.32 Å². The van der Waals surface area contributed by atoms with Crippen LogP contribution in [0.25, 0.3) is 0 Å². The van der Waals surface area contributed by atoms with Gasteiger partial charge in [0.25, 0.3) is 0 Å². The molecule has 118 valence electrons. The topological polar surface area (TPSA) is 90.0 Å². The number of carboxylic acids is 1. The first-order chi connectivity index (χ1) is 10.4. The van der Waals surface area contributed by atoms with Gasteiger partial charge in [-0.2, -0.15) is 0 Å². The van der Waals surface area contributed by atoms with Crippen LogP contribution >= 0.6 is 0 Å². The van der Waals surface area contributed by atoms with Crippen LogP contribution in [0.1, 0.15) is 6.42 Å². The lowest BCUT2D eigenvalue weighted by atomic mass is 10.1. The molecule has 1 heterocycles. The monoisotopic (exact) mass is 305 g/mol. The van der Waals surface area contributed by atoms with Crippen LogP contribution in [0.5, 0.6) is 0 Å². The Hall–Kier alpha value is -2.41. The van der Waals surface area contributed by atoms with E-state index in [4.69, 9.17) is 5.11 Å². The second-order valence-corrected chi connectivity index (χ2v) is 5.58. The fourth-order valence-electron chi connectivity index (χ4n) is 2.33. The van der Waals surface area contributed by atoms with Crippen LogP contribution < -0.4 is 10.2 Å². The zero-order valence-corrected chi connectivity index (χ0v) is 12.6. The van der Waals surface area contributed by atoms with Gasteiger partial charge in [0.1, 0.15) is 0 Å². The first-order valence-electron chi connectivity index (χ1n) is 6.94. The molecular weight excluding hydrogens is 286 g/mol. The summed E-state index contributed by atoms with van der Waals surface area (Å²) < 4.78 is 0. The molecule has 1 aliphatic rings. The van der Waals surface area contributed by atoms with Crippen LogP contribution in [-0.4, -0.2) is 55.0 Å². The van der Waals surface area contributed by atoms with E-state index < -0.39 is 11.9 Å². The number of likely N-dealkylation sites (N-methyl/N-ethyl adjacent to an activating group) is 1. The second-order valence-electron chi connectivity index (χ2n) is 5.58. The number of hydrogen-bond acceptors (Lipinski definition) is 4. The number of rotatable bonds is 5. The van der Waals surface area contributed by atoms with Crippen LogP contribution in [0.15, 0.2) is 24.3 Å². The number of nitrogens with zero attached hydrogens (tertiary/aromatic N) is 2. The summed E-state index contributed by atoms with van der Waals surface area (Å²) in [5.74, 6) is -1.94. The van der Waals surface area contributed by atoms with Gasteiger partial charge < -0.3 is 20.2 Å². The summed E-state index contributed by atoms with van der Waals surface area (Å²) >= 11 is 0. The number of aliphatic carboxylic acids is 1. The molecule has 0 bridgehead atoms. The van der Waals surface area contributed by atoms with Gasteiger partial charge in [-0.05, 0) is 38.4 Å². The van der Waals surface area contributed by atoms with Gasteiger partial charge >= 0.3 is 5.97 Å². The van der Waals surface area contributed by atoms with E-state index >= 15 is 0 Å². The van der Waals surface area contributed by atoms with Crippen molar-refractivity contribution in [3.63, 3.8) is 0 Å². The normalized spacial score (nSPS) is 17.9. The zero-order valence-electron chi connectivity index (χ0n) is 12.6. The average molecular weight is 305 g/mol. The van der Waals surface area contributed by atoms with Crippen molar-refractivity contribution in [1.82, 2.24) is 4.90 Å². The molecule has 0 saturated carbocycles. The Labute approximate surface area is 128 Å². The van der Waals surface area contributed by atoms with Crippen molar-refractivity contribution < 1.29 is 19.5 Å². The summed E-state index contributed by atoms with van der Waals surface area (Å²) in [4.78, 5) is 37.7. The molecule has 1 aromatic carbocycles. The molecule has 22 heavy (non-hydrogen) atoms. The Kier molecular flexibility index (Phi) is 4.77. The van der Waals surface area contributed by atoms with Crippen molar-refractivity contribution in [2.24, 2.45) is 5.92 Å². The molecule has 2 amide bonds. The molecule has 2 rings (SSSR count). The van der Waals surface area contributed by atoms with Gasteiger partial charge in [-0.3, -0.25) is 14.4 Å². The minimum absolute atomic E-state index is 0.0245. The number of anilines is 2. The fourth-order valence-corrected chi connectivity index (χ4v) is 2.33. The van der Waals surface area contributed by atoms with Crippen LogP contribution in [0.2, 0.25) is 0 Å². The standard InChI is InChI=1S/C15H19N3O4/c1-17(2)9-13(19)16-11-3-5-12(6-4-11)18-8-10(15(21)22)7-14(18)20/h3-6,10H,7-9H2,1-2H3,(H,16,19)(H,21,22). The molecule has 1 fully saturated rings. The maximum absolute atomic E-state index is 11.9. The Balaban J connectivity index is 2.02. The molecular formula is C15H19N3O4. The van der Waals surface area contributed by atoms with Crippen molar-refractivity contribution in [3.8, 4) is 0 Å².